The molecule has 31 heavy (non-hydrogen) atoms. The second-order valence-corrected chi connectivity index (χ2v) is 7.21. The molecule has 2 aromatic rings. The van der Waals surface area contributed by atoms with Crippen molar-refractivity contribution in [3.8, 4) is 5.75 Å². The molecule has 164 valence electrons. The molecule has 0 aromatic heterocycles. The Morgan fingerprint density at radius 1 is 1.03 bits per heavy atom. The number of likely N-dealkylation sites (N-methyl/N-ethyl adjacent to an activating group) is 1. The number of carbonyl (C=O) groups is 3. The number of methoxy groups -OCH3 is 1. The number of carbonyl (C=O) groups excluding carboxylic acids is 3. The largest absolute Gasteiger partial charge is 0.497 e. The highest BCUT2D eigenvalue weighted by Crippen LogP contribution is 2.19. The van der Waals surface area contributed by atoms with Gasteiger partial charge < -0.3 is 20.3 Å². The van der Waals surface area contributed by atoms with E-state index in [4.69, 9.17) is 4.74 Å². The average molecular weight is 424 g/mol. The van der Waals surface area contributed by atoms with Crippen LogP contribution in [-0.2, 0) is 14.4 Å². The van der Waals surface area contributed by atoms with E-state index in [0.29, 0.717) is 0 Å². The van der Waals surface area contributed by atoms with Crippen molar-refractivity contribution in [2.45, 2.75) is 20.3 Å². The third-order valence-corrected chi connectivity index (χ3v) is 4.73. The first-order valence-electron chi connectivity index (χ1n) is 10.00. The molecule has 2 N–H and O–H groups in total. The molecule has 0 heterocycles. The molecule has 0 saturated carbocycles. The summed E-state index contributed by atoms with van der Waals surface area (Å²) in [6.07, 6.45) is 3.20. The number of hydrogen-bond acceptors (Lipinski definition) is 4. The summed E-state index contributed by atoms with van der Waals surface area (Å²) in [5.74, 6) is -0.0400. The SMILES string of the molecule is COc1ccc(/C=C/C(=O)NCCC(=O)N(C)CC(=O)Nc2c(C)cccc2C)cc1. The number of rotatable bonds is 9. The van der Waals surface area contributed by atoms with Crippen LogP contribution >= 0.6 is 0 Å². The molecule has 0 aliphatic carbocycles. The number of nitrogens with zero attached hydrogens (tertiary/aromatic N) is 1. The fourth-order valence-electron chi connectivity index (χ4n) is 2.92. The highest BCUT2D eigenvalue weighted by molar-refractivity contribution is 5.96. The summed E-state index contributed by atoms with van der Waals surface area (Å²) in [5.41, 5.74) is 3.56. The third-order valence-electron chi connectivity index (χ3n) is 4.73. The number of aryl methyl sites for hydroxylation is 2. The van der Waals surface area contributed by atoms with Gasteiger partial charge in [0.1, 0.15) is 5.75 Å². The molecule has 7 nitrogen and oxygen atoms in total. The van der Waals surface area contributed by atoms with Crippen LogP contribution in [0.15, 0.2) is 48.5 Å². The van der Waals surface area contributed by atoms with Crippen molar-refractivity contribution >= 4 is 29.5 Å². The van der Waals surface area contributed by atoms with E-state index in [1.165, 1.54) is 11.0 Å². The lowest BCUT2D eigenvalue weighted by Gasteiger charge is -2.18. The van der Waals surface area contributed by atoms with E-state index >= 15 is 0 Å². The fraction of sp³-hybridized carbons (Fsp3) is 0.292. The molecule has 0 saturated heterocycles. The predicted molar refractivity (Wildman–Crippen MR) is 122 cm³/mol. The van der Waals surface area contributed by atoms with Crippen LogP contribution in [0.4, 0.5) is 5.69 Å². The Labute approximate surface area is 183 Å². The van der Waals surface area contributed by atoms with Gasteiger partial charge in [-0.1, -0.05) is 30.3 Å². The van der Waals surface area contributed by atoms with Crippen LogP contribution < -0.4 is 15.4 Å². The maximum atomic E-state index is 12.3. The zero-order valence-corrected chi connectivity index (χ0v) is 18.4. The number of benzene rings is 2. The number of anilines is 1. The van der Waals surface area contributed by atoms with Crippen LogP contribution in [0.5, 0.6) is 5.75 Å². The molecule has 0 bridgehead atoms. The molecule has 0 aliphatic rings. The zero-order valence-electron chi connectivity index (χ0n) is 18.4. The van der Waals surface area contributed by atoms with Gasteiger partial charge in [-0.05, 0) is 48.7 Å². The minimum Gasteiger partial charge on any atom is -0.497 e. The summed E-state index contributed by atoms with van der Waals surface area (Å²) >= 11 is 0. The van der Waals surface area contributed by atoms with Gasteiger partial charge in [0.05, 0.1) is 13.7 Å². The first-order valence-corrected chi connectivity index (χ1v) is 10.00. The first-order chi connectivity index (χ1) is 14.8. The van der Waals surface area contributed by atoms with Gasteiger partial charge in [-0.15, -0.1) is 0 Å². The lowest BCUT2D eigenvalue weighted by molar-refractivity contribution is -0.133. The Balaban J connectivity index is 1.73. The molecule has 0 aliphatic heterocycles. The lowest BCUT2D eigenvalue weighted by atomic mass is 10.1. The second kappa shape index (κ2) is 11.5. The molecule has 0 radical (unpaired) electrons. The Bertz CT molecular complexity index is 932. The number of amides is 3. The summed E-state index contributed by atoms with van der Waals surface area (Å²) in [6, 6.07) is 13.1. The Kier molecular flexibility index (Phi) is 8.81. The summed E-state index contributed by atoms with van der Waals surface area (Å²) < 4.78 is 5.09. The van der Waals surface area contributed by atoms with Crippen LogP contribution in [-0.4, -0.2) is 49.9 Å². The summed E-state index contributed by atoms with van der Waals surface area (Å²) in [5, 5.41) is 5.53. The van der Waals surface area contributed by atoms with E-state index in [1.54, 1.807) is 20.2 Å². The van der Waals surface area contributed by atoms with Gasteiger partial charge in [-0.2, -0.15) is 0 Å². The Hall–Kier alpha value is -3.61. The van der Waals surface area contributed by atoms with Crippen LogP contribution in [0.3, 0.4) is 0 Å². The quantitative estimate of drug-likeness (QED) is 0.607. The number of ether oxygens (including phenoxy) is 1. The number of hydrogen-bond donors (Lipinski definition) is 2. The molecular weight excluding hydrogens is 394 g/mol. The molecule has 0 atom stereocenters. The predicted octanol–water partition coefficient (Wildman–Crippen LogP) is 2.93. The summed E-state index contributed by atoms with van der Waals surface area (Å²) in [6.45, 7) is 3.97. The Morgan fingerprint density at radius 3 is 2.29 bits per heavy atom. The molecule has 0 fully saturated rings. The first kappa shape index (κ1) is 23.7. The maximum Gasteiger partial charge on any atom is 0.244 e. The van der Waals surface area contributed by atoms with Gasteiger partial charge in [0, 0.05) is 31.8 Å². The van der Waals surface area contributed by atoms with Crippen molar-refractivity contribution in [3.05, 3.63) is 65.2 Å². The molecular formula is C24H29N3O4. The smallest absolute Gasteiger partial charge is 0.244 e. The summed E-state index contributed by atoms with van der Waals surface area (Å²) in [7, 11) is 3.16. The maximum absolute atomic E-state index is 12.3. The van der Waals surface area contributed by atoms with Crippen molar-refractivity contribution < 1.29 is 19.1 Å². The number of para-hydroxylation sites is 1. The Morgan fingerprint density at radius 2 is 1.68 bits per heavy atom. The molecule has 0 unspecified atom stereocenters. The van der Waals surface area contributed by atoms with E-state index < -0.39 is 0 Å². The van der Waals surface area contributed by atoms with Crippen molar-refractivity contribution in [2.24, 2.45) is 0 Å². The van der Waals surface area contributed by atoms with Crippen molar-refractivity contribution in [2.75, 3.05) is 32.6 Å². The molecule has 2 rings (SSSR count). The van der Waals surface area contributed by atoms with Gasteiger partial charge in [-0.3, -0.25) is 14.4 Å². The van der Waals surface area contributed by atoms with Gasteiger partial charge in [0.15, 0.2) is 0 Å². The van der Waals surface area contributed by atoms with Gasteiger partial charge in [0.2, 0.25) is 17.7 Å². The minimum atomic E-state index is -0.293. The molecule has 7 heteroatoms. The van der Waals surface area contributed by atoms with Crippen LogP contribution in [0.1, 0.15) is 23.1 Å². The third kappa shape index (κ3) is 7.62. The molecule has 3 amide bonds. The van der Waals surface area contributed by atoms with Crippen LogP contribution in [0, 0.1) is 13.8 Å². The van der Waals surface area contributed by atoms with E-state index in [-0.39, 0.29) is 37.2 Å². The topological polar surface area (TPSA) is 87.7 Å². The van der Waals surface area contributed by atoms with Crippen LogP contribution in [0.2, 0.25) is 0 Å². The van der Waals surface area contributed by atoms with Gasteiger partial charge in [0.25, 0.3) is 0 Å². The standard InChI is InChI=1S/C24H29N3O4/c1-17-6-5-7-18(2)24(17)26-22(29)16-27(3)23(30)14-15-25-21(28)13-10-19-8-11-20(31-4)12-9-19/h5-13H,14-16H2,1-4H3,(H,25,28)(H,26,29)/b13-10+. The zero-order chi connectivity index (χ0) is 22.8. The van der Waals surface area contributed by atoms with Gasteiger partial charge >= 0.3 is 0 Å². The summed E-state index contributed by atoms with van der Waals surface area (Å²) in [4.78, 5) is 37.8. The van der Waals surface area contributed by atoms with Gasteiger partial charge in [-0.25, -0.2) is 0 Å². The second-order valence-electron chi connectivity index (χ2n) is 7.21. The lowest BCUT2D eigenvalue weighted by Crippen LogP contribution is -2.37. The fourth-order valence-corrected chi connectivity index (χ4v) is 2.92. The van der Waals surface area contributed by atoms with Crippen LogP contribution in [0.25, 0.3) is 6.08 Å². The highest BCUT2D eigenvalue weighted by atomic mass is 16.5. The van der Waals surface area contributed by atoms with Crippen molar-refractivity contribution in [3.63, 3.8) is 0 Å². The molecule has 0 spiro atoms. The van der Waals surface area contributed by atoms with E-state index in [9.17, 15) is 14.4 Å². The van der Waals surface area contributed by atoms with E-state index in [1.807, 2.05) is 56.3 Å². The van der Waals surface area contributed by atoms with E-state index in [2.05, 4.69) is 10.6 Å². The highest BCUT2D eigenvalue weighted by Gasteiger charge is 2.14. The molecule has 2 aromatic carbocycles. The van der Waals surface area contributed by atoms with Crippen molar-refractivity contribution in [1.29, 1.82) is 0 Å². The minimum absolute atomic E-state index is 0.0576. The van der Waals surface area contributed by atoms with E-state index in [0.717, 1.165) is 28.1 Å². The van der Waals surface area contributed by atoms with Crippen molar-refractivity contribution in [1.82, 2.24) is 10.2 Å². The number of nitrogens with one attached hydrogen (secondary N) is 2. The normalized spacial score (nSPS) is 10.6. The average Bonchev–Trinajstić information content (AvgIpc) is 2.75. The monoisotopic (exact) mass is 423 g/mol.